The number of rotatable bonds is 8. The van der Waals surface area contributed by atoms with E-state index in [1.54, 1.807) is 7.05 Å². The van der Waals surface area contributed by atoms with Gasteiger partial charge in [-0.15, -0.1) is 24.0 Å². The van der Waals surface area contributed by atoms with Crippen molar-refractivity contribution >= 4 is 40.0 Å². The predicted octanol–water partition coefficient (Wildman–Crippen LogP) is 2.41. The van der Waals surface area contributed by atoms with E-state index in [1.165, 1.54) is 30.0 Å². The summed E-state index contributed by atoms with van der Waals surface area (Å²) in [5.41, 5.74) is 0. The van der Waals surface area contributed by atoms with Crippen molar-refractivity contribution in [2.75, 3.05) is 32.4 Å². The normalized spacial score (nSPS) is 22.1. The molecule has 24 heavy (non-hydrogen) atoms. The fourth-order valence-electron chi connectivity index (χ4n) is 3.23. The lowest BCUT2D eigenvalue weighted by Crippen LogP contribution is -2.47. The molecule has 1 fully saturated rings. The Balaban J connectivity index is 0.00000529. The smallest absolute Gasteiger partial charge is 0.215 e. The topological polar surface area (TPSA) is 73.8 Å². The number of aliphatic imine (C=N–C) groups is 1. The summed E-state index contributed by atoms with van der Waals surface area (Å²) in [6, 6.07) is 0.444. The summed E-state index contributed by atoms with van der Waals surface area (Å²) in [6.45, 7) is 7.39. The van der Waals surface area contributed by atoms with Gasteiger partial charge in [-0.05, 0) is 18.8 Å². The van der Waals surface area contributed by atoms with Crippen LogP contribution in [0.15, 0.2) is 4.99 Å². The van der Waals surface area contributed by atoms with Crippen molar-refractivity contribution in [1.29, 1.82) is 0 Å². The van der Waals surface area contributed by atoms with E-state index < -0.39 is 10.0 Å². The van der Waals surface area contributed by atoms with Crippen LogP contribution in [-0.2, 0) is 10.0 Å². The van der Waals surface area contributed by atoms with Crippen molar-refractivity contribution in [2.24, 2.45) is 10.9 Å². The van der Waals surface area contributed by atoms with E-state index in [1.807, 2.05) is 13.8 Å². The highest BCUT2D eigenvalue weighted by Gasteiger charge is 2.22. The molecule has 2 atom stereocenters. The lowest BCUT2D eigenvalue weighted by Gasteiger charge is -2.30. The second-order valence-corrected chi connectivity index (χ2v) is 8.27. The summed E-state index contributed by atoms with van der Waals surface area (Å²) in [6.07, 6.45) is 6.14. The molecule has 144 valence electrons. The van der Waals surface area contributed by atoms with Gasteiger partial charge in [0.25, 0.3) is 0 Å². The third-order valence-corrected chi connectivity index (χ3v) is 6.70. The molecule has 1 aliphatic rings. The minimum atomic E-state index is -3.18. The van der Waals surface area contributed by atoms with Gasteiger partial charge in [0, 0.05) is 32.7 Å². The molecule has 8 heteroatoms. The minimum Gasteiger partial charge on any atom is -0.355 e. The van der Waals surface area contributed by atoms with Crippen LogP contribution in [0.5, 0.6) is 0 Å². The van der Waals surface area contributed by atoms with E-state index in [4.69, 9.17) is 0 Å². The van der Waals surface area contributed by atoms with E-state index in [0.29, 0.717) is 31.6 Å². The molecule has 0 aromatic rings. The summed E-state index contributed by atoms with van der Waals surface area (Å²) < 4.78 is 25.8. The Hall–Kier alpha value is -0.0900. The first-order valence-electron chi connectivity index (χ1n) is 8.91. The van der Waals surface area contributed by atoms with E-state index in [-0.39, 0.29) is 29.7 Å². The summed E-state index contributed by atoms with van der Waals surface area (Å²) in [4.78, 5) is 4.22. The Kier molecular flexibility index (Phi) is 12.2. The molecular weight excluding hydrogens is 439 g/mol. The van der Waals surface area contributed by atoms with E-state index in [0.717, 1.165) is 12.3 Å². The van der Waals surface area contributed by atoms with Gasteiger partial charge in [-0.2, -0.15) is 0 Å². The van der Waals surface area contributed by atoms with Crippen molar-refractivity contribution in [1.82, 2.24) is 14.9 Å². The third kappa shape index (κ3) is 7.86. The maximum Gasteiger partial charge on any atom is 0.215 e. The van der Waals surface area contributed by atoms with Gasteiger partial charge >= 0.3 is 0 Å². The van der Waals surface area contributed by atoms with E-state index in [2.05, 4.69) is 22.5 Å². The molecule has 0 aromatic heterocycles. The number of halogens is 1. The highest BCUT2D eigenvalue weighted by atomic mass is 127. The number of nitrogens with one attached hydrogen (secondary N) is 2. The van der Waals surface area contributed by atoms with Crippen LogP contribution in [-0.4, -0.2) is 57.2 Å². The Morgan fingerprint density at radius 2 is 1.88 bits per heavy atom. The van der Waals surface area contributed by atoms with Crippen LogP contribution in [0.3, 0.4) is 0 Å². The van der Waals surface area contributed by atoms with Gasteiger partial charge in [0.15, 0.2) is 5.96 Å². The van der Waals surface area contributed by atoms with Gasteiger partial charge in [0.1, 0.15) is 0 Å². The first-order valence-corrected chi connectivity index (χ1v) is 10.5. The first-order chi connectivity index (χ1) is 11.0. The maximum absolute atomic E-state index is 12.2. The zero-order chi connectivity index (χ0) is 17.3. The molecule has 0 heterocycles. The molecular formula is C16H35IN4O2S. The van der Waals surface area contributed by atoms with Crippen LogP contribution >= 0.6 is 24.0 Å². The quantitative estimate of drug-likeness (QED) is 0.322. The molecule has 0 spiro atoms. The average Bonchev–Trinajstić information content (AvgIpc) is 2.54. The largest absolute Gasteiger partial charge is 0.355 e. The van der Waals surface area contributed by atoms with Gasteiger partial charge in [-0.25, -0.2) is 12.7 Å². The van der Waals surface area contributed by atoms with Crippen molar-refractivity contribution in [2.45, 2.75) is 58.9 Å². The molecule has 1 saturated carbocycles. The molecule has 1 rings (SSSR count). The Morgan fingerprint density at radius 3 is 2.42 bits per heavy atom. The van der Waals surface area contributed by atoms with Crippen molar-refractivity contribution in [3.05, 3.63) is 0 Å². The lowest BCUT2D eigenvalue weighted by molar-refractivity contribution is 0.298. The van der Waals surface area contributed by atoms with Crippen molar-refractivity contribution in [3.63, 3.8) is 0 Å². The average molecular weight is 474 g/mol. The molecule has 0 aliphatic heterocycles. The second-order valence-electron chi connectivity index (χ2n) is 6.18. The molecule has 0 radical (unpaired) electrons. The SMILES string of the molecule is CCC1CCCC(NC(=NC)NCCS(=O)(=O)N(CC)CC)C1.I. The van der Waals surface area contributed by atoms with Crippen molar-refractivity contribution < 1.29 is 8.42 Å². The van der Waals surface area contributed by atoms with Gasteiger partial charge < -0.3 is 10.6 Å². The van der Waals surface area contributed by atoms with Gasteiger partial charge in [-0.1, -0.05) is 40.0 Å². The summed E-state index contributed by atoms with van der Waals surface area (Å²) in [5.74, 6) is 1.60. The van der Waals surface area contributed by atoms with Gasteiger partial charge in [0.05, 0.1) is 5.75 Å². The molecule has 0 saturated heterocycles. The van der Waals surface area contributed by atoms with Crippen LogP contribution < -0.4 is 10.6 Å². The Bertz CT molecular complexity index is 467. The molecule has 6 nitrogen and oxygen atoms in total. The number of guanidine groups is 1. The fraction of sp³-hybridized carbons (Fsp3) is 0.938. The minimum absolute atomic E-state index is 0. The molecule has 2 N–H and O–H groups in total. The second kappa shape index (κ2) is 12.3. The molecule has 0 amide bonds. The van der Waals surface area contributed by atoms with E-state index >= 15 is 0 Å². The molecule has 0 aromatic carbocycles. The van der Waals surface area contributed by atoms with Gasteiger partial charge in [-0.3, -0.25) is 4.99 Å². The highest BCUT2D eigenvalue weighted by Crippen LogP contribution is 2.26. The van der Waals surface area contributed by atoms with Crippen LogP contribution in [0.1, 0.15) is 52.9 Å². The van der Waals surface area contributed by atoms with Crippen molar-refractivity contribution in [3.8, 4) is 0 Å². The standard InChI is InChI=1S/C16H34N4O2S.HI/c1-5-14-9-8-10-15(13-14)19-16(17-4)18-11-12-23(21,22)20(6-2)7-3;/h14-15H,5-13H2,1-4H3,(H2,17,18,19);1H. The zero-order valence-electron chi connectivity index (χ0n) is 15.5. The first kappa shape index (κ1) is 23.9. The van der Waals surface area contributed by atoms with Crippen LogP contribution in [0, 0.1) is 5.92 Å². The monoisotopic (exact) mass is 474 g/mol. The number of nitrogens with zero attached hydrogens (tertiary/aromatic N) is 2. The fourth-order valence-corrected chi connectivity index (χ4v) is 4.63. The zero-order valence-corrected chi connectivity index (χ0v) is 18.7. The number of hydrogen-bond donors (Lipinski definition) is 2. The van der Waals surface area contributed by atoms with Gasteiger partial charge in [0.2, 0.25) is 10.0 Å². The van der Waals surface area contributed by atoms with Crippen LogP contribution in [0.25, 0.3) is 0 Å². The highest BCUT2D eigenvalue weighted by molar-refractivity contribution is 14.0. The maximum atomic E-state index is 12.2. The summed E-state index contributed by atoms with van der Waals surface area (Å²) in [7, 11) is -1.45. The summed E-state index contributed by atoms with van der Waals surface area (Å²) >= 11 is 0. The Morgan fingerprint density at radius 1 is 1.21 bits per heavy atom. The Labute approximate surface area is 165 Å². The predicted molar refractivity (Wildman–Crippen MR) is 113 cm³/mol. The van der Waals surface area contributed by atoms with E-state index in [9.17, 15) is 8.42 Å². The lowest BCUT2D eigenvalue weighted by atomic mass is 9.84. The third-order valence-electron chi connectivity index (χ3n) is 4.68. The number of sulfonamides is 1. The van der Waals surface area contributed by atoms with Crippen LogP contribution in [0.2, 0.25) is 0 Å². The molecule has 2 unspecified atom stereocenters. The molecule has 0 bridgehead atoms. The summed E-state index contributed by atoms with van der Waals surface area (Å²) in [5, 5.41) is 6.59. The van der Waals surface area contributed by atoms with Crippen LogP contribution in [0.4, 0.5) is 0 Å². The number of hydrogen-bond acceptors (Lipinski definition) is 3. The molecule has 1 aliphatic carbocycles.